The summed E-state index contributed by atoms with van der Waals surface area (Å²) >= 11 is 6.74. The molecule has 5 unspecified atom stereocenters. The average molecular weight is 351 g/mol. The lowest BCUT2D eigenvalue weighted by Gasteiger charge is -2.54. The summed E-state index contributed by atoms with van der Waals surface area (Å²) in [5.41, 5.74) is 5.98. The van der Waals surface area contributed by atoms with Crippen molar-refractivity contribution in [2.75, 3.05) is 0 Å². The van der Waals surface area contributed by atoms with E-state index in [-0.39, 0.29) is 5.41 Å². The van der Waals surface area contributed by atoms with Crippen molar-refractivity contribution >= 4 is 11.6 Å². The van der Waals surface area contributed by atoms with E-state index in [1.807, 2.05) is 0 Å². The van der Waals surface area contributed by atoms with Crippen LogP contribution in [0, 0.1) is 23.7 Å². The zero-order valence-corrected chi connectivity index (χ0v) is 16.0. The first-order valence-corrected chi connectivity index (χ1v) is 10.4. The van der Waals surface area contributed by atoms with Gasteiger partial charge in [0.05, 0.1) is 0 Å². The second-order valence-electron chi connectivity index (χ2n) is 8.76. The molecule has 0 nitrogen and oxygen atoms in total. The van der Waals surface area contributed by atoms with Crippen molar-refractivity contribution in [2.45, 2.75) is 51.4 Å². The predicted octanol–water partition coefficient (Wildman–Crippen LogP) is 7.09. The molecular formula is C24H27Cl. The molecule has 3 aliphatic rings. The van der Waals surface area contributed by atoms with Crippen LogP contribution in [0.3, 0.4) is 0 Å². The van der Waals surface area contributed by atoms with Crippen LogP contribution < -0.4 is 0 Å². The Hall–Kier alpha value is -1.27. The molecule has 0 aromatic heterocycles. The summed E-state index contributed by atoms with van der Waals surface area (Å²) in [6.07, 6.45) is 6.95. The fourth-order valence-electron chi connectivity index (χ4n) is 6.87. The molecule has 0 radical (unpaired) electrons. The molecule has 1 heteroatoms. The van der Waals surface area contributed by atoms with Gasteiger partial charge >= 0.3 is 0 Å². The van der Waals surface area contributed by atoms with Crippen LogP contribution in [0.4, 0.5) is 0 Å². The number of halogens is 1. The van der Waals surface area contributed by atoms with Gasteiger partial charge in [0.2, 0.25) is 0 Å². The van der Waals surface area contributed by atoms with Crippen LogP contribution in [-0.4, -0.2) is 0 Å². The Morgan fingerprint density at radius 3 is 2.60 bits per heavy atom. The highest BCUT2D eigenvalue weighted by molar-refractivity contribution is 6.33. The molecule has 0 N–H and O–H groups in total. The van der Waals surface area contributed by atoms with Gasteiger partial charge in [-0.3, -0.25) is 0 Å². The molecule has 0 heterocycles. The van der Waals surface area contributed by atoms with Gasteiger partial charge in [-0.2, -0.15) is 0 Å². The van der Waals surface area contributed by atoms with E-state index >= 15 is 0 Å². The van der Waals surface area contributed by atoms with Crippen LogP contribution in [0.2, 0.25) is 5.02 Å². The summed E-state index contributed by atoms with van der Waals surface area (Å²) in [6.45, 7) is 4.90. The molecule has 2 aromatic carbocycles. The maximum atomic E-state index is 6.74. The van der Waals surface area contributed by atoms with Crippen molar-refractivity contribution in [1.29, 1.82) is 0 Å². The summed E-state index contributed by atoms with van der Waals surface area (Å²) in [5, 5.41) is 0.930. The molecule has 2 saturated carbocycles. The Morgan fingerprint density at radius 2 is 1.76 bits per heavy atom. The SMILES string of the molecule is CCC1CC2CC(C)C3(c4ccccc4-c4c(Cl)cccc43)C(C1)C2. The fraction of sp³-hybridized carbons (Fsp3) is 0.500. The molecule has 1 spiro atoms. The molecule has 25 heavy (non-hydrogen) atoms. The Balaban J connectivity index is 1.79. The first-order valence-electron chi connectivity index (χ1n) is 10.0. The van der Waals surface area contributed by atoms with Crippen molar-refractivity contribution in [3.63, 3.8) is 0 Å². The lowest BCUT2D eigenvalue weighted by Crippen LogP contribution is -2.49. The summed E-state index contributed by atoms with van der Waals surface area (Å²) < 4.78 is 0. The first-order chi connectivity index (χ1) is 12.2. The van der Waals surface area contributed by atoms with Crippen LogP contribution in [0.25, 0.3) is 11.1 Å². The van der Waals surface area contributed by atoms with Gasteiger partial charge in [-0.1, -0.05) is 68.3 Å². The highest BCUT2D eigenvalue weighted by Crippen LogP contribution is 2.65. The van der Waals surface area contributed by atoms with E-state index in [9.17, 15) is 0 Å². The number of fused-ring (bicyclic) bond motifs is 8. The van der Waals surface area contributed by atoms with E-state index in [0.29, 0.717) is 5.92 Å². The minimum absolute atomic E-state index is 0.182. The number of benzene rings is 2. The number of hydrogen-bond donors (Lipinski definition) is 0. The maximum Gasteiger partial charge on any atom is 0.0487 e. The lowest BCUT2D eigenvalue weighted by atomic mass is 9.49. The van der Waals surface area contributed by atoms with E-state index in [1.165, 1.54) is 48.8 Å². The zero-order valence-electron chi connectivity index (χ0n) is 15.3. The molecule has 130 valence electrons. The lowest BCUT2D eigenvalue weighted by molar-refractivity contribution is 0.0368. The Kier molecular flexibility index (Phi) is 3.58. The van der Waals surface area contributed by atoms with E-state index in [4.69, 9.17) is 11.6 Å². The van der Waals surface area contributed by atoms with Gasteiger partial charge in [0.1, 0.15) is 0 Å². The van der Waals surface area contributed by atoms with E-state index in [0.717, 1.165) is 22.8 Å². The van der Waals surface area contributed by atoms with Gasteiger partial charge in [0, 0.05) is 16.0 Å². The highest BCUT2D eigenvalue weighted by Gasteiger charge is 2.56. The van der Waals surface area contributed by atoms with Gasteiger partial charge < -0.3 is 0 Å². The summed E-state index contributed by atoms with van der Waals surface area (Å²) in [4.78, 5) is 0. The molecule has 2 bridgehead atoms. The molecule has 0 aliphatic heterocycles. The Bertz CT molecular complexity index is 821. The van der Waals surface area contributed by atoms with Gasteiger partial charge in [0.15, 0.2) is 0 Å². The topological polar surface area (TPSA) is 0 Å². The minimum atomic E-state index is 0.182. The molecule has 5 rings (SSSR count). The molecule has 3 aliphatic carbocycles. The third-order valence-electron chi connectivity index (χ3n) is 7.69. The number of rotatable bonds is 1. The van der Waals surface area contributed by atoms with Crippen LogP contribution in [0.5, 0.6) is 0 Å². The van der Waals surface area contributed by atoms with Crippen molar-refractivity contribution in [2.24, 2.45) is 23.7 Å². The Labute approximate surface area is 156 Å². The van der Waals surface area contributed by atoms with Crippen LogP contribution >= 0.6 is 11.6 Å². The smallest absolute Gasteiger partial charge is 0.0487 e. The summed E-state index contributed by atoms with van der Waals surface area (Å²) in [7, 11) is 0. The predicted molar refractivity (Wildman–Crippen MR) is 106 cm³/mol. The normalized spacial score (nSPS) is 35.5. The molecule has 5 atom stereocenters. The van der Waals surface area contributed by atoms with Crippen LogP contribution in [0.15, 0.2) is 42.5 Å². The van der Waals surface area contributed by atoms with E-state index in [2.05, 4.69) is 56.3 Å². The minimum Gasteiger partial charge on any atom is -0.0837 e. The Morgan fingerprint density at radius 1 is 0.960 bits per heavy atom. The van der Waals surface area contributed by atoms with Gasteiger partial charge in [-0.25, -0.2) is 0 Å². The third kappa shape index (κ3) is 2.01. The van der Waals surface area contributed by atoms with Crippen molar-refractivity contribution in [3.8, 4) is 11.1 Å². The van der Waals surface area contributed by atoms with E-state index < -0.39 is 0 Å². The molecule has 0 saturated heterocycles. The molecular weight excluding hydrogens is 324 g/mol. The standard InChI is InChI=1S/C24H27Cl/c1-3-16-12-17-11-15(2)24(18(13-16)14-17)20-8-5-4-7-19(20)23-21(24)9-6-10-22(23)25/h4-10,15-18H,3,11-14H2,1-2H3. The van der Waals surface area contributed by atoms with Crippen molar-refractivity contribution in [1.82, 2.24) is 0 Å². The first kappa shape index (κ1) is 15.9. The number of hydrogen-bond acceptors (Lipinski definition) is 0. The molecule has 0 amide bonds. The third-order valence-corrected chi connectivity index (χ3v) is 8.00. The fourth-order valence-corrected chi connectivity index (χ4v) is 7.15. The van der Waals surface area contributed by atoms with Gasteiger partial charge in [-0.05, 0) is 72.1 Å². The molecule has 2 fully saturated rings. The van der Waals surface area contributed by atoms with Crippen LogP contribution in [-0.2, 0) is 5.41 Å². The summed E-state index contributed by atoms with van der Waals surface area (Å²) in [5.74, 6) is 3.29. The van der Waals surface area contributed by atoms with Crippen molar-refractivity contribution in [3.05, 3.63) is 58.6 Å². The largest absolute Gasteiger partial charge is 0.0837 e. The maximum absolute atomic E-state index is 6.74. The zero-order chi connectivity index (χ0) is 17.2. The second kappa shape index (κ2) is 5.61. The molecule has 2 aromatic rings. The highest BCUT2D eigenvalue weighted by atomic mass is 35.5. The second-order valence-corrected chi connectivity index (χ2v) is 9.17. The van der Waals surface area contributed by atoms with E-state index in [1.54, 1.807) is 5.56 Å². The van der Waals surface area contributed by atoms with Crippen LogP contribution in [0.1, 0.15) is 57.1 Å². The van der Waals surface area contributed by atoms with Gasteiger partial charge in [-0.15, -0.1) is 0 Å². The monoisotopic (exact) mass is 350 g/mol. The quantitative estimate of drug-likeness (QED) is 0.515. The average Bonchev–Trinajstić information content (AvgIpc) is 2.92. The summed E-state index contributed by atoms with van der Waals surface area (Å²) in [6, 6.07) is 15.7. The van der Waals surface area contributed by atoms with Gasteiger partial charge in [0.25, 0.3) is 0 Å². The van der Waals surface area contributed by atoms with Crippen molar-refractivity contribution < 1.29 is 0 Å².